The molecule has 0 aromatic heterocycles. The van der Waals surface area contributed by atoms with Crippen molar-refractivity contribution in [3.63, 3.8) is 0 Å². The molecule has 0 spiro atoms. The number of hydrogen-bond donors (Lipinski definition) is 1. The van der Waals surface area contributed by atoms with Crippen LogP contribution in [-0.2, 0) is 16.9 Å². The van der Waals surface area contributed by atoms with Gasteiger partial charge in [-0.3, -0.25) is 9.69 Å². The Bertz CT molecular complexity index is 893. The number of hydrogen-bond acceptors (Lipinski definition) is 4. The minimum absolute atomic E-state index is 0.217. The highest BCUT2D eigenvalue weighted by molar-refractivity contribution is 6.07. The van der Waals surface area contributed by atoms with E-state index in [1.165, 1.54) is 29.8 Å². The Balaban J connectivity index is 1.38. The molecular formula is C24H30N4O2. The molecule has 2 heterocycles. The second-order valence-electron chi connectivity index (χ2n) is 8.52. The summed E-state index contributed by atoms with van der Waals surface area (Å²) in [5.74, 6) is -0.217. The van der Waals surface area contributed by atoms with E-state index in [1.807, 2.05) is 42.3 Å². The summed E-state index contributed by atoms with van der Waals surface area (Å²) < 4.78 is 0. The molecule has 1 N–H and O–H groups in total. The van der Waals surface area contributed by atoms with Crippen molar-refractivity contribution in [3.8, 4) is 0 Å². The summed E-state index contributed by atoms with van der Waals surface area (Å²) in [6.07, 6.45) is 3.85. The van der Waals surface area contributed by atoms with Gasteiger partial charge in [0.15, 0.2) is 0 Å². The van der Waals surface area contributed by atoms with Crippen LogP contribution in [0, 0.1) is 0 Å². The quantitative estimate of drug-likeness (QED) is 0.746. The van der Waals surface area contributed by atoms with Crippen LogP contribution in [0.5, 0.6) is 0 Å². The van der Waals surface area contributed by atoms with Gasteiger partial charge in [0.05, 0.1) is 6.67 Å². The molecule has 0 bridgehead atoms. The molecule has 2 saturated heterocycles. The molecular weight excluding hydrogens is 376 g/mol. The molecule has 2 aromatic carbocycles. The fraction of sp³-hybridized carbons (Fsp3) is 0.417. The molecule has 0 unspecified atom stereocenters. The van der Waals surface area contributed by atoms with E-state index < -0.39 is 5.54 Å². The highest BCUT2D eigenvalue weighted by atomic mass is 16.2. The van der Waals surface area contributed by atoms with E-state index in [1.54, 1.807) is 6.92 Å². The van der Waals surface area contributed by atoms with E-state index in [2.05, 4.69) is 34.5 Å². The molecule has 0 aliphatic carbocycles. The van der Waals surface area contributed by atoms with Gasteiger partial charge in [0.1, 0.15) is 5.54 Å². The van der Waals surface area contributed by atoms with Gasteiger partial charge in [0.2, 0.25) is 0 Å². The molecule has 0 radical (unpaired) electrons. The topological polar surface area (TPSA) is 55.9 Å². The smallest absolute Gasteiger partial charge is 0.326 e. The van der Waals surface area contributed by atoms with Gasteiger partial charge in [-0.1, -0.05) is 42.5 Å². The summed E-state index contributed by atoms with van der Waals surface area (Å²) in [5, 5.41) is 2.86. The lowest BCUT2D eigenvalue weighted by molar-refractivity contribution is -0.132. The molecule has 1 atom stereocenters. The molecule has 4 rings (SSSR count). The number of nitrogens with zero attached hydrogens (tertiary/aromatic N) is 3. The number of rotatable bonds is 6. The third-order valence-corrected chi connectivity index (χ3v) is 6.12. The van der Waals surface area contributed by atoms with Crippen molar-refractivity contribution < 1.29 is 9.59 Å². The minimum Gasteiger partial charge on any atom is -0.372 e. The van der Waals surface area contributed by atoms with Crippen molar-refractivity contribution in [1.29, 1.82) is 0 Å². The van der Waals surface area contributed by atoms with E-state index in [-0.39, 0.29) is 18.6 Å². The van der Waals surface area contributed by atoms with Crippen LogP contribution in [0.2, 0.25) is 0 Å². The number of benzene rings is 2. The van der Waals surface area contributed by atoms with Crippen molar-refractivity contribution in [2.24, 2.45) is 0 Å². The SMILES string of the molecule is CN(Cc1ccc(N2CCCCC2)cc1)CN1C(=O)N[C@](C)(c2ccccc2)C1=O. The minimum atomic E-state index is -1.02. The molecule has 2 aromatic rings. The maximum Gasteiger partial charge on any atom is 0.326 e. The molecule has 0 saturated carbocycles. The first-order valence-electron chi connectivity index (χ1n) is 10.7. The standard InChI is InChI=1S/C24H30N4O2/c1-24(20-9-5-3-6-10-20)22(29)28(23(30)25-24)18-26(2)17-19-11-13-21(14-12-19)27-15-7-4-8-16-27/h3,5-6,9-14H,4,7-8,15-18H2,1-2H3,(H,25,30)/t24-/m1/s1. The Labute approximate surface area is 178 Å². The van der Waals surface area contributed by atoms with Gasteiger partial charge in [-0.2, -0.15) is 0 Å². The van der Waals surface area contributed by atoms with Crippen molar-refractivity contribution in [3.05, 3.63) is 65.7 Å². The van der Waals surface area contributed by atoms with Crippen LogP contribution in [0.15, 0.2) is 54.6 Å². The molecule has 158 valence electrons. The first-order chi connectivity index (χ1) is 14.5. The molecule has 6 heteroatoms. The predicted molar refractivity (Wildman–Crippen MR) is 118 cm³/mol. The highest BCUT2D eigenvalue weighted by Crippen LogP contribution is 2.29. The van der Waals surface area contributed by atoms with Crippen LogP contribution in [0.25, 0.3) is 0 Å². The zero-order chi connectivity index (χ0) is 21.1. The third kappa shape index (κ3) is 4.05. The average molecular weight is 407 g/mol. The highest BCUT2D eigenvalue weighted by Gasteiger charge is 2.49. The summed E-state index contributed by atoms with van der Waals surface area (Å²) in [7, 11) is 1.93. The summed E-state index contributed by atoms with van der Waals surface area (Å²) in [6.45, 7) is 4.94. The molecule has 2 fully saturated rings. The Kier molecular flexibility index (Phi) is 5.77. The summed E-state index contributed by atoms with van der Waals surface area (Å²) >= 11 is 0. The molecule has 2 aliphatic heterocycles. The van der Waals surface area contributed by atoms with Crippen LogP contribution in [-0.4, -0.2) is 48.5 Å². The van der Waals surface area contributed by atoms with Gasteiger partial charge in [0, 0.05) is 25.3 Å². The first-order valence-corrected chi connectivity index (χ1v) is 10.7. The van der Waals surface area contributed by atoms with Crippen LogP contribution in [0.3, 0.4) is 0 Å². The van der Waals surface area contributed by atoms with Crippen molar-refractivity contribution in [2.75, 3.05) is 31.7 Å². The maximum absolute atomic E-state index is 13.1. The van der Waals surface area contributed by atoms with Gasteiger partial charge in [-0.25, -0.2) is 9.69 Å². The lowest BCUT2D eigenvalue weighted by Gasteiger charge is -2.29. The molecule has 2 aliphatic rings. The van der Waals surface area contributed by atoms with Gasteiger partial charge in [0.25, 0.3) is 5.91 Å². The maximum atomic E-state index is 13.1. The fourth-order valence-corrected chi connectivity index (χ4v) is 4.36. The Morgan fingerprint density at radius 2 is 1.63 bits per heavy atom. The number of urea groups is 1. The fourth-order valence-electron chi connectivity index (χ4n) is 4.36. The van der Waals surface area contributed by atoms with E-state index in [4.69, 9.17) is 0 Å². The number of carbonyl (C=O) groups is 2. The summed E-state index contributed by atoms with van der Waals surface area (Å²) in [6, 6.07) is 17.7. The van der Waals surface area contributed by atoms with Crippen LogP contribution >= 0.6 is 0 Å². The number of amides is 3. The van der Waals surface area contributed by atoms with Crippen LogP contribution in [0.1, 0.15) is 37.3 Å². The summed E-state index contributed by atoms with van der Waals surface area (Å²) in [5.41, 5.74) is 2.21. The van der Waals surface area contributed by atoms with Crippen LogP contribution < -0.4 is 10.2 Å². The molecule has 6 nitrogen and oxygen atoms in total. The Hall–Kier alpha value is -2.86. The van der Waals surface area contributed by atoms with Gasteiger partial charge < -0.3 is 10.2 Å². The van der Waals surface area contributed by atoms with E-state index in [0.29, 0.717) is 6.54 Å². The molecule has 30 heavy (non-hydrogen) atoms. The lowest BCUT2D eigenvalue weighted by Crippen LogP contribution is -2.42. The second kappa shape index (κ2) is 8.48. The normalized spacial score (nSPS) is 22.0. The number of piperidine rings is 1. The number of imide groups is 1. The van der Waals surface area contributed by atoms with E-state index in [9.17, 15) is 9.59 Å². The number of anilines is 1. The monoisotopic (exact) mass is 406 g/mol. The largest absolute Gasteiger partial charge is 0.372 e. The van der Waals surface area contributed by atoms with E-state index >= 15 is 0 Å². The Morgan fingerprint density at radius 1 is 0.967 bits per heavy atom. The van der Waals surface area contributed by atoms with Crippen molar-refractivity contribution in [2.45, 2.75) is 38.3 Å². The number of carbonyl (C=O) groups excluding carboxylic acids is 2. The van der Waals surface area contributed by atoms with Gasteiger partial charge in [-0.05, 0) is 56.5 Å². The van der Waals surface area contributed by atoms with Crippen molar-refractivity contribution in [1.82, 2.24) is 15.1 Å². The van der Waals surface area contributed by atoms with Crippen molar-refractivity contribution >= 4 is 17.6 Å². The second-order valence-corrected chi connectivity index (χ2v) is 8.52. The average Bonchev–Trinajstić information content (AvgIpc) is 2.99. The van der Waals surface area contributed by atoms with Crippen LogP contribution in [0.4, 0.5) is 10.5 Å². The van der Waals surface area contributed by atoms with Gasteiger partial charge >= 0.3 is 6.03 Å². The molecule has 3 amide bonds. The Morgan fingerprint density at radius 3 is 2.30 bits per heavy atom. The predicted octanol–water partition coefficient (Wildman–Crippen LogP) is 3.53. The zero-order valence-corrected chi connectivity index (χ0v) is 17.8. The first kappa shape index (κ1) is 20.4. The zero-order valence-electron chi connectivity index (χ0n) is 17.8. The lowest BCUT2D eigenvalue weighted by atomic mass is 9.92. The van der Waals surface area contributed by atoms with E-state index in [0.717, 1.165) is 24.2 Å². The third-order valence-electron chi connectivity index (χ3n) is 6.12. The number of nitrogens with one attached hydrogen (secondary N) is 1. The van der Waals surface area contributed by atoms with Gasteiger partial charge in [-0.15, -0.1) is 0 Å². The summed E-state index contributed by atoms with van der Waals surface area (Å²) in [4.78, 5) is 31.3.